The number of hydrogen-bond donors (Lipinski definition) is 0. The van der Waals surface area contributed by atoms with Crippen molar-refractivity contribution in [2.45, 2.75) is 30.1 Å². The van der Waals surface area contributed by atoms with Crippen molar-refractivity contribution in [1.82, 2.24) is 0 Å². The molecule has 0 bridgehead atoms. The molecular weight excluding hydrogens is 1450 g/mol. The van der Waals surface area contributed by atoms with E-state index in [-0.39, 0.29) is 5.41 Å². The summed E-state index contributed by atoms with van der Waals surface area (Å²) < 4.78 is 27.1. The molecule has 560 valence electrons. The van der Waals surface area contributed by atoms with Gasteiger partial charge >= 0.3 is 0 Å². The maximum Gasteiger partial charge on any atom is 0.136 e. The molecule has 4 heterocycles. The number of fused-ring (bicyclic) bond motifs is 27. The van der Waals surface area contributed by atoms with Crippen LogP contribution in [0.15, 0.2) is 421 Å². The molecule has 20 aromatic rings. The third-order valence-corrected chi connectivity index (χ3v) is 25.9. The zero-order valence-electron chi connectivity index (χ0n) is 65.3. The van der Waals surface area contributed by atoms with Crippen LogP contribution in [-0.4, -0.2) is 0 Å². The quantitative estimate of drug-likeness (QED) is 0.144. The van der Waals surface area contributed by atoms with Gasteiger partial charge < -0.3 is 28.1 Å². The molecule has 119 heavy (non-hydrogen) atoms. The van der Waals surface area contributed by atoms with Gasteiger partial charge in [-0.1, -0.05) is 305 Å². The first kappa shape index (κ1) is 68.2. The van der Waals surface area contributed by atoms with E-state index in [0.29, 0.717) is 0 Å². The predicted octanol–water partition coefficient (Wildman–Crippen LogP) is 30.4. The Morgan fingerprint density at radius 3 is 0.983 bits per heavy atom. The van der Waals surface area contributed by atoms with Crippen LogP contribution in [0, 0.1) is 0 Å². The molecule has 25 rings (SSSR count). The maximum absolute atomic E-state index is 6.98. The smallest absolute Gasteiger partial charge is 0.136 e. The van der Waals surface area contributed by atoms with Crippen molar-refractivity contribution in [1.29, 1.82) is 0 Å². The van der Waals surface area contributed by atoms with Crippen LogP contribution in [0.5, 0.6) is 23.0 Å². The molecule has 0 unspecified atom stereocenters. The summed E-state index contributed by atoms with van der Waals surface area (Å²) >= 11 is 0. The molecule has 0 fully saturated rings. The highest BCUT2D eigenvalue weighted by Crippen LogP contribution is 2.66. The van der Waals surface area contributed by atoms with Crippen LogP contribution >= 0.6 is 0 Å². The fourth-order valence-electron chi connectivity index (χ4n) is 20.9. The second kappa shape index (κ2) is 26.4. The SMILES string of the molecule is CC1(C)c2ccccc2-c2ccc(N(c3ccccc3)c3ccccc3-c3cccc4oc5cc6c(cc5c34)-c3ccccc3C63c4ccccc4Oc4ccccc43)cc21.c1ccc(-c2ccc(N(c3ccccc3)c3ccccc3-c3cccc4oc5cc6c(cc5c34)-c3ccccc3C63c4ccccc4Oc4ccccc43)cc2)cc1. The number of benzene rings is 18. The van der Waals surface area contributed by atoms with E-state index in [1.807, 2.05) is 0 Å². The summed E-state index contributed by atoms with van der Waals surface area (Å²) in [5.41, 5.74) is 35.4. The van der Waals surface area contributed by atoms with E-state index in [1.54, 1.807) is 0 Å². The van der Waals surface area contributed by atoms with Crippen LogP contribution in [0.2, 0.25) is 0 Å². The molecule has 2 aliphatic heterocycles. The Bertz CT molecular complexity index is 7450. The Morgan fingerprint density at radius 1 is 0.202 bits per heavy atom. The topological polar surface area (TPSA) is 51.2 Å². The van der Waals surface area contributed by atoms with Crippen molar-refractivity contribution in [3.05, 3.63) is 468 Å². The Morgan fingerprint density at radius 2 is 0.529 bits per heavy atom. The van der Waals surface area contributed by atoms with E-state index in [9.17, 15) is 0 Å². The molecule has 0 atom stereocenters. The van der Waals surface area contributed by atoms with Gasteiger partial charge in [-0.25, -0.2) is 0 Å². The highest BCUT2D eigenvalue weighted by molar-refractivity contribution is 6.18. The Hall–Kier alpha value is -15.2. The zero-order chi connectivity index (χ0) is 78.7. The Balaban J connectivity index is 0.000000136. The Kier molecular flexibility index (Phi) is 15.1. The molecule has 5 aliphatic rings. The number of para-hydroxylation sites is 8. The predicted molar refractivity (Wildman–Crippen MR) is 485 cm³/mol. The molecule has 0 saturated heterocycles. The highest BCUT2D eigenvalue weighted by Gasteiger charge is 2.53. The van der Waals surface area contributed by atoms with Gasteiger partial charge in [0.05, 0.1) is 22.2 Å². The summed E-state index contributed by atoms with van der Waals surface area (Å²) in [6, 6.07) is 148. The van der Waals surface area contributed by atoms with Crippen molar-refractivity contribution in [2.75, 3.05) is 9.80 Å². The molecule has 2 spiro atoms. The van der Waals surface area contributed by atoms with Crippen LogP contribution in [0.25, 0.3) is 111 Å². The first-order valence-electron chi connectivity index (χ1n) is 41.0. The minimum atomic E-state index is -0.568. The lowest BCUT2D eigenvalue weighted by Gasteiger charge is -2.39. The molecule has 6 heteroatoms. The summed E-state index contributed by atoms with van der Waals surface area (Å²) in [7, 11) is 0. The van der Waals surface area contributed by atoms with E-state index >= 15 is 0 Å². The summed E-state index contributed by atoms with van der Waals surface area (Å²) in [6.45, 7) is 4.70. The van der Waals surface area contributed by atoms with Crippen molar-refractivity contribution in [3.8, 4) is 89.8 Å². The summed E-state index contributed by atoms with van der Waals surface area (Å²) in [6.07, 6.45) is 0. The third-order valence-electron chi connectivity index (χ3n) is 25.9. The van der Waals surface area contributed by atoms with Gasteiger partial charge in [0.2, 0.25) is 0 Å². The van der Waals surface area contributed by atoms with E-state index in [4.69, 9.17) is 18.3 Å². The van der Waals surface area contributed by atoms with Gasteiger partial charge in [0, 0.05) is 83.1 Å². The number of anilines is 6. The van der Waals surface area contributed by atoms with Gasteiger partial charge in [-0.2, -0.15) is 0 Å². The molecule has 0 saturated carbocycles. The van der Waals surface area contributed by atoms with Crippen LogP contribution in [0.4, 0.5) is 34.1 Å². The molecule has 18 aromatic carbocycles. The minimum Gasteiger partial charge on any atom is -0.457 e. The average Bonchev–Trinajstić information content (AvgIpc) is 1.55. The van der Waals surface area contributed by atoms with Gasteiger partial charge in [0.1, 0.15) is 45.3 Å². The number of hydrogen-bond acceptors (Lipinski definition) is 6. The third kappa shape index (κ3) is 10.0. The molecule has 0 N–H and O–H groups in total. The van der Waals surface area contributed by atoms with Crippen LogP contribution in [0.3, 0.4) is 0 Å². The minimum absolute atomic E-state index is 0.128. The van der Waals surface area contributed by atoms with Crippen molar-refractivity contribution in [3.63, 3.8) is 0 Å². The van der Waals surface area contributed by atoms with E-state index in [2.05, 4.69) is 436 Å². The van der Waals surface area contributed by atoms with E-state index in [0.717, 1.165) is 146 Å². The normalized spacial score (nSPS) is 13.8. The molecular formula is C113H74N2O4. The summed E-state index contributed by atoms with van der Waals surface area (Å²) in [4.78, 5) is 4.79. The average molecular weight is 1520 g/mol. The van der Waals surface area contributed by atoms with Crippen molar-refractivity contribution >= 4 is 78.0 Å². The maximum atomic E-state index is 6.98. The second-order valence-corrected chi connectivity index (χ2v) is 32.3. The molecule has 3 aliphatic carbocycles. The second-order valence-electron chi connectivity index (χ2n) is 32.3. The number of rotatable bonds is 9. The molecule has 0 amide bonds. The summed E-state index contributed by atoms with van der Waals surface area (Å²) in [5, 5.41) is 4.41. The van der Waals surface area contributed by atoms with Gasteiger partial charge in [0.15, 0.2) is 0 Å². The van der Waals surface area contributed by atoms with Crippen LogP contribution in [-0.2, 0) is 16.2 Å². The van der Waals surface area contributed by atoms with Gasteiger partial charge in [-0.05, 0) is 210 Å². The lowest BCUT2D eigenvalue weighted by atomic mass is 9.66. The first-order chi connectivity index (χ1) is 58.8. The number of ether oxygens (including phenoxy) is 2. The summed E-state index contributed by atoms with van der Waals surface area (Å²) in [5.74, 6) is 3.52. The van der Waals surface area contributed by atoms with Crippen molar-refractivity contribution in [2.24, 2.45) is 0 Å². The zero-order valence-corrected chi connectivity index (χ0v) is 65.3. The van der Waals surface area contributed by atoms with Gasteiger partial charge in [0.25, 0.3) is 0 Å². The molecule has 2 aromatic heterocycles. The van der Waals surface area contributed by atoms with E-state index < -0.39 is 10.8 Å². The number of nitrogens with zero attached hydrogens (tertiary/aromatic N) is 2. The van der Waals surface area contributed by atoms with Crippen LogP contribution < -0.4 is 19.3 Å². The lowest BCUT2D eigenvalue weighted by Crippen LogP contribution is -2.32. The lowest BCUT2D eigenvalue weighted by molar-refractivity contribution is 0.436. The van der Waals surface area contributed by atoms with Gasteiger partial charge in [-0.15, -0.1) is 0 Å². The standard InChI is InChI=1S/C58H39NO2.C55H35NO2/c1-57(2)45-23-9-6-19-38(45)40-32-31-37(33-49(40)57)59(36-17-4-3-5-18-36)51-27-13-8-21-41(51)42-22-16-30-54-56(42)44-34-43-39-20-7-10-24-46(39)58(50(43)35-55(44)61-54)47-25-11-14-28-52(47)60-53-29-15-12-26-48(53)58;1-3-16-36(17-4-1)37-30-32-39(33-31-37)56(38-18-5-2-6-19-38)49-26-12-8-21-41(49)42-22-15-29-52-54(42)44-34-43-40-20-7-9-23-45(40)55(48(43)35-53(44)58-52)46-24-10-13-27-50(46)57-51-28-14-11-25-47(51)55/h3-35H,1-2H3;1-35H. The Labute approximate surface area is 689 Å². The fourth-order valence-corrected chi connectivity index (χ4v) is 20.9. The molecule has 6 nitrogen and oxygen atoms in total. The highest BCUT2D eigenvalue weighted by atomic mass is 16.5. The first-order valence-corrected chi connectivity index (χ1v) is 41.0. The fraction of sp³-hybridized carbons (Fsp3) is 0.0442. The van der Waals surface area contributed by atoms with Crippen LogP contribution in [0.1, 0.15) is 69.5 Å². The van der Waals surface area contributed by atoms with Gasteiger partial charge in [-0.3, -0.25) is 0 Å². The number of furan rings is 2. The van der Waals surface area contributed by atoms with Crippen molar-refractivity contribution < 1.29 is 18.3 Å². The monoisotopic (exact) mass is 1520 g/mol. The van der Waals surface area contributed by atoms with E-state index in [1.165, 1.54) is 77.9 Å². The largest absolute Gasteiger partial charge is 0.457 e. The molecule has 0 radical (unpaired) electrons.